The highest BCUT2D eigenvalue weighted by Gasteiger charge is 2.26. The average Bonchev–Trinajstić information content (AvgIpc) is 2.56. The van der Waals surface area contributed by atoms with Crippen LogP contribution in [0.3, 0.4) is 0 Å². The quantitative estimate of drug-likeness (QED) is 0.910. The van der Waals surface area contributed by atoms with Crippen molar-refractivity contribution in [1.82, 2.24) is 20.0 Å². The molecule has 1 N–H and O–H groups in total. The zero-order valence-electron chi connectivity index (χ0n) is 11.7. The van der Waals surface area contributed by atoms with Crippen LogP contribution in [0.5, 0.6) is 0 Å². The molecule has 1 aliphatic heterocycles. The molecule has 1 aliphatic rings. The lowest BCUT2D eigenvalue weighted by molar-refractivity contribution is 0.114. The molecule has 0 aliphatic carbocycles. The van der Waals surface area contributed by atoms with Crippen LogP contribution in [0.15, 0.2) is 0 Å². The first kappa shape index (κ1) is 13.8. The molecule has 5 heteroatoms. The molecule has 1 fully saturated rings. The topological polar surface area (TPSA) is 33.1 Å². The molecule has 102 valence electrons. The number of aryl methyl sites for hydroxylation is 2. The van der Waals surface area contributed by atoms with Gasteiger partial charge >= 0.3 is 0 Å². The molecule has 0 radical (unpaired) electrons. The van der Waals surface area contributed by atoms with Crippen molar-refractivity contribution in [2.45, 2.75) is 33.4 Å². The molecule has 0 aromatic carbocycles. The lowest BCUT2D eigenvalue weighted by Crippen LogP contribution is -2.53. The molecular formula is C13H23ClN4. The Hall–Kier alpha value is -0.580. The van der Waals surface area contributed by atoms with Gasteiger partial charge in [-0.1, -0.05) is 25.4 Å². The fourth-order valence-corrected chi connectivity index (χ4v) is 2.89. The van der Waals surface area contributed by atoms with Gasteiger partial charge in [-0.25, -0.2) is 0 Å². The van der Waals surface area contributed by atoms with E-state index < -0.39 is 0 Å². The van der Waals surface area contributed by atoms with Crippen molar-refractivity contribution in [2.75, 3.05) is 19.6 Å². The van der Waals surface area contributed by atoms with Gasteiger partial charge in [0, 0.05) is 39.3 Å². The third-order valence-electron chi connectivity index (χ3n) is 3.78. The molecule has 4 nitrogen and oxygen atoms in total. The van der Waals surface area contributed by atoms with Crippen molar-refractivity contribution >= 4 is 11.6 Å². The number of rotatable bonds is 3. The first-order valence-electron chi connectivity index (χ1n) is 6.63. The van der Waals surface area contributed by atoms with Crippen LogP contribution in [0.4, 0.5) is 0 Å². The monoisotopic (exact) mass is 270 g/mol. The van der Waals surface area contributed by atoms with E-state index in [1.807, 2.05) is 18.7 Å². The van der Waals surface area contributed by atoms with E-state index in [2.05, 4.69) is 29.2 Å². The second kappa shape index (κ2) is 5.59. The molecule has 0 amide bonds. The van der Waals surface area contributed by atoms with Crippen LogP contribution in [-0.2, 0) is 13.6 Å². The zero-order valence-corrected chi connectivity index (χ0v) is 12.5. The van der Waals surface area contributed by atoms with Crippen LogP contribution in [0, 0.1) is 12.8 Å². The van der Waals surface area contributed by atoms with Crippen molar-refractivity contribution in [2.24, 2.45) is 13.0 Å². The van der Waals surface area contributed by atoms with E-state index in [0.717, 1.165) is 42.6 Å². The lowest BCUT2D eigenvalue weighted by atomic mass is 10.0. The van der Waals surface area contributed by atoms with Crippen LogP contribution in [0.1, 0.15) is 25.2 Å². The Morgan fingerprint density at radius 2 is 2.22 bits per heavy atom. The van der Waals surface area contributed by atoms with Crippen LogP contribution in [-0.4, -0.2) is 40.4 Å². The second-order valence-electron chi connectivity index (χ2n) is 5.46. The Labute approximate surface area is 114 Å². The number of hydrogen-bond donors (Lipinski definition) is 1. The normalized spacial score (nSPS) is 21.8. The van der Waals surface area contributed by atoms with Gasteiger partial charge in [0.1, 0.15) is 0 Å². The molecule has 0 saturated carbocycles. The van der Waals surface area contributed by atoms with Crippen molar-refractivity contribution in [1.29, 1.82) is 0 Å². The van der Waals surface area contributed by atoms with E-state index in [1.165, 1.54) is 0 Å². The summed E-state index contributed by atoms with van der Waals surface area (Å²) in [7, 11) is 1.97. The van der Waals surface area contributed by atoms with Crippen LogP contribution >= 0.6 is 11.6 Å². The SMILES string of the molecule is Cc1nn(C)c(CN2CCNCC2C(C)C)c1Cl. The average molecular weight is 271 g/mol. The Morgan fingerprint density at radius 3 is 2.78 bits per heavy atom. The number of piperazine rings is 1. The van der Waals surface area contributed by atoms with Crippen molar-refractivity contribution in [3.05, 3.63) is 16.4 Å². The highest BCUT2D eigenvalue weighted by molar-refractivity contribution is 6.31. The summed E-state index contributed by atoms with van der Waals surface area (Å²) in [6.45, 7) is 10.6. The first-order chi connectivity index (χ1) is 8.50. The molecule has 2 rings (SSSR count). The second-order valence-corrected chi connectivity index (χ2v) is 5.83. The number of aromatic nitrogens is 2. The minimum absolute atomic E-state index is 0.574. The molecule has 18 heavy (non-hydrogen) atoms. The molecular weight excluding hydrogens is 248 g/mol. The summed E-state index contributed by atoms with van der Waals surface area (Å²) in [6, 6.07) is 0.574. The highest BCUT2D eigenvalue weighted by atomic mass is 35.5. The van der Waals surface area contributed by atoms with Gasteiger partial charge in [-0.15, -0.1) is 0 Å². The summed E-state index contributed by atoms with van der Waals surface area (Å²) >= 11 is 6.33. The minimum Gasteiger partial charge on any atom is -0.314 e. The minimum atomic E-state index is 0.574. The van der Waals surface area contributed by atoms with Gasteiger partial charge in [0.05, 0.1) is 16.4 Å². The largest absolute Gasteiger partial charge is 0.314 e. The Kier molecular flexibility index (Phi) is 4.30. The zero-order chi connectivity index (χ0) is 13.3. The summed E-state index contributed by atoms with van der Waals surface area (Å²) in [5.41, 5.74) is 2.05. The number of nitrogens with zero attached hydrogens (tertiary/aromatic N) is 3. The maximum atomic E-state index is 6.33. The van der Waals surface area contributed by atoms with Crippen molar-refractivity contribution in [3.8, 4) is 0 Å². The Balaban J connectivity index is 2.16. The van der Waals surface area contributed by atoms with Crippen LogP contribution in [0.25, 0.3) is 0 Å². The maximum absolute atomic E-state index is 6.33. The molecule has 1 aromatic heterocycles. The standard InChI is InChI=1S/C13H23ClN4/c1-9(2)11-7-15-5-6-18(11)8-12-13(14)10(3)16-17(12)4/h9,11,15H,5-8H2,1-4H3. The van der Waals surface area contributed by atoms with Gasteiger partial charge in [0.25, 0.3) is 0 Å². The molecule has 0 bridgehead atoms. The molecule has 1 saturated heterocycles. The number of hydrogen-bond acceptors (Lipinski definition) is 3. The number of halogens is 1. The molecule has 1 aromatic rings. The summed E-state index contributed by atoms with van der Waals surface area (Å²) in [5, 5.41) is 8.68. The lowest BCUT2D eigenvalue weighted by Gasteiger charge is -2.38. The fourth-order valence-electron chi connectivity index (χ4n) is 2.67. The van der Waals surface area contributed by atoms with Gasteiger partial charge in [-0.2, -0.15) is 5.10 Å². The summed E-state index contributed by atoms with van der Waals surface area (Å²) < 4.78 is 1.91. The summed E-state index contributed by atoms with van der Waals surface area (Å²) in [6.07, 6.45) is 0. The van der Waals surface area contributed by atoms with E-state index in [9.17, 15) is 0 Å². The van der Waals surface area contributed by atoms with Crippen LogP contribution < -0.4 is 5.32 Å². The van der Waals surface area contributed by atoms with Gasteiger partial charge < -0.3 is 5.32 Å². The van der Waals surface area contributed by atoms with Gasteiger partial charge in [-0.05, 0) is 12.8 Å². The third kappa shape index (κ3) is 2.71. The molecule has 2 heterocycles. The third-order valence-corrected chi connectivity index (χ3v) is 4.27. The Bertz CT molecular complexity index is 413. The molecule has 1 unspecified atom stereocenters. The predicted octanol–water partition coefficient (Wildman–Crippen LogP) is 1.81. The highest BCUT2D eigenvalue weighted by Crippen LogP contribution is 2.23. The van der Waals surface area contributed by atoms with Gasteiger partial charge in [0.15, 0.2) is 0 Å². The maximum Gasteiger partial charge on any atom is 0.0860 e. The van der Waals surface area contributed by atoms with E-state index in [0.29, 0.717) is 12.0 Å². The fraction of sp³-hybridized carbons (Fsp3) is 0.769. The summed E-state index contributed by atoms with van der Waals surface area (Å²) in [5.74, 6) is 0.644. The number of nitrogens with one attached hydrogen (secondary N) is 1. The predicted molar refractivity (Wildman–Crippen MR) is 74.9 cm³/mol. The molecule has 0 spiro atoms. The first-order valence-corrected chi connectivity index (χ1v) is 7.01. The van der Waals surface area contributed by atoms with E-state index in [1.54, 1.807) is 0 Å². The van der Waals surface area contributed by atoms with E-state index in [-0.39, 0.29) is 0 Å². The van der Waals surface area contributed by atoms with E-state index in [4.69, 9.17) is 11.6 Å². The van der Waals surface area contributed by atoms with Gasteiger partial charge in [0.2, 0.25) is 0 Å². The van der Waals surface area contributed by atoms with Crippen molar-refractivity contribution < 1.29 is 0 Å². The van der Waals surface area contributed by atoms with Crippen LogP contribution in [0.2, 0.25) is 5.02 Å². The van der Waals surface area contributed by atoms with Gasteiger partial charge in [-0.3, -0.25) is 9.58 Å². The van der Waals surface area contributed by atoms with E-state index >= 15 is 0 Å². The molecule has 1 atom stereocenters. The van der Waals surface area contributed by atoms with Crippen molar-refractivity contribution in [3.63, 3.8) is 0 Å². The Morgan fingerprint density at radius 1 is 1.50 bits per heavy atom. The summed E-state index contributed by atoms with van der Waals surface area (Å²) in [4.78, 5) is 2.52. The smallest absolute Gasteiger partial charge is 0.0860 e.